The van der Waals surface area contributed by atoms with E-state index >= 15 is 0 Å². The Morgan fingerprint density at radius 2 is 1.74 bits per heavy atom. The maximum Gasteiger partial charge on any atom is 0.354 e. The predicted octanol–water partition coefficient (Wildman–Crippen LogP) is 2.71. The van der Waals surface area contributed by atoms with Crippen LogP contribution in [0.25, 0.3) is 0 Å². The molecule has 0 radical (unpaired) electrons. The van der Waals surface area contributed by atoms with Gasteiger partial charge in [-0.05, 0) is 24.3 Å². The van der Waals surface area contributed by atoms with Gasteiger partial charge in [-0.1, -0.05) is 36.7 Å². The summed E-state index contributed by atoms with van der Waals surface area (Å²) in [5.74, 6) is -1.42. The van der Waals surface area contributed by atoms with Crippen LogP contribution in [0.15, 0.2) is 33.8 Å². The number of amides is 1. The van der Waals surface area contributed by atoms with E-state index in [1.807, 2.05) is 0 Å². The van der Waals surface area contributed by atoms with Gasteiger partial charge in [-0.25, -0.2) is 10.2 Å². The Bertz CT molecular complexity index is 630. The van der Waals surface area contributed by atoms with Crippen molar-refractivity contribution in [1.29, 1.82) is 0 Å². The van der Waals surface area contributed by atoms with Crippen molar-refractivity contribution < 1.29 is 19.1 Å². The van der Waals surface area contributed by atoms with Crippen molar-refractivity contribution in [2.24, 2.45) is 10.5 Å². The molecule has 6 nitrogen and oxygen atoms in total. The quantitative estimate of drug-likeness (QED) is 0.481. The SMILES string of the molecule is COC(=O)/C(CC(=O)C(C)(C)C)=N/NC(=O)c1ccc(Br)cc1. The first-order chi connectivity index (χ1) is 10.6. The van der Waals surface area contributed by atoms with Gasteiger partial charge >= 0.3 is 5.97 Å². The lowest BCUT2D eigenvalue weighted by atomic mass is 9.88. The molecular weight excluding hydrogens is 364 g/mol. The standard InChI is InChI=1S/C16H19BrN2O4/c1-16(2,3)13(20)9-12(15(22)23-4)18-19-14(21)10-5-7-11(17)8-6-10/h5-8H,9H2,1-4H3,(H,19,21)/b18-12+. The molecule has 0 aliphatic heterocycles. The van der Waals surface area contributed by atoms with Gasteiger partial charge in [0.1, 0.15) is 5.78 Å². The molecule has 0 bridgehead atoms. The number of carbonyl (C=O) groups is 3. The molecular formula is C16H19BrN2O4. The Hall–Kier alpha value is -2.02. The number of nitrogens with zero attached hydrogens (tertiary/aromatic N) is 1. The summed E-state index contributed by atoms with van der Waals surface area (Å²) in [6.07, 6.45) is -0.212. The molecule has 0 unspecified atom stereocenters. The molecule has 0 aliphatic carbocycles. The van der Waals surface area contributed by atoms with Crippen molar-refractivity contribution in [2.75, 3.05) is 7.11 Å². The molecule has 0 saturated carbocycles. The summed E-state index contributed by atoms with van der Waals surface area (Å²) in [6, 6.07) is 6.63. The molecule has 1 rings (SSSR count). The Labute approximate surface area is 143 Å². The second-order valence-electron chi connectivity index (χ2n) is 5.85. The zero-order valence-corrected chi connectivity index (χ0v) is 15.1. The number of hydrazone groups is 1. The van der Waals surface area contributed by atoms with Crippen LogP contribution in [0, 0.1) is 5.41 Å². The minimum Gasteiger partial charge on any atom is -0.464 e. The van der Waals surface area contributed by atoms with Crippen LogP contribution < -0.4 is 5.43 Å². The second kappa shape index (κ2) is 8.01. The van der Waals surface area contributed by atoms with Crippen molar-refractivity contribution in [3.05, 3.63) is 34.3 Å². The van der Waals surface area contributed by atoms with Gasteiger partial charge in [0.25, 0.3) is 5.91 Å². The van der Waals surface area contributed by atoms with Crippen LogP contribution in [0.1, 0.15) is 37.6 Å². The summed E-state index contributed by atoms with van der Waals surface area (Å²) in [5.41, 5.74) is 1.89. The number of carbonyl (C=O) groups excluding carboxylic acids is 3. The van der Waals surface area contributed by atoms with Gasteiger partial charge in [-0.15, -0.1) is 0 Å². The number of ether oxygens (including phenoxy) is 1. The molecule has 0 aromatic heterocycles. The van der Waals surface area contributed by atoms with E-state index in [9.17, 15) is 14.4 Å². The minimum absolute atomic E-state index is 0.141. The highest BCUT2D eigenvalue weighted by Crippen LogP contribution is 2.17. The zero-order chi connectivity index (χ0) is 17.6. The molecule has 1 aromatic carbocycles. The Morgan fingerprint density at radius 1 is 1.17 bits per heavy atom. The molecule has 0 spiro atoms. The molecule has 124 valence electrons. The molecule has 0 aliphatic rings. The smallest absolute Gasteiger partial charge is 0.354 e. The van der Waals surface area contributed by atoms with E-state index in [1.165, 1.54) is 7.11 Å². The van der Waals surface area contributed by atoms with Crippen LogP contribution in [-0.4, -0.2) is 30.5 Å². The van der Waals surface area contributed by atoms with Crippen molar-refractivity contribution in [2.45, 2.75) is 27.2 Å². The van der Waals surface area contributed by atoms with E-state index in [-0.39, 0.29) is 17.9 Å². The van der Waals surface area contributed by atoms with Crippen LogP contribution in [0.4, 0.5) is 0 Å². The number of halogens is 1. The van der Waals surface area contributed by atoms with Gasteiger partial charge in [-0.3, -0.25) is 9.59 Å². The monoisotopic (exact) mass is 382 g/mol. The number of rotatable bonds is 5. The predicted molar refractivity (Wildman–Crippen MR) is 90.1 cm³/mol. The van der Waals surface area contributed by atoms with Gasteiger partial charge in [-0.2, -0.15) is 5.10 Å². The van der Waals surface area contributed by atoms with Crippen molar-refractivity contribution in [3.8, 4) is 0 Å². The zero-order valence-electron chi connectivity index (χ0n) is 13.5. The van der Waals surface area contributed by atoms with Crippen LogP contribution in [-0.2, 0) is 14.3 Å². The number of esters is 1. The summed E-state index contributed by atoms with van der Waals surface area (Å²) in [7, 11) is 1.19. The molecule has 0 atom stereocenters. The highest BCUT2D eigenvalue weighted by molar-refractivity contribution is 9.10. The number of hydrogen-bond donors (Lipinski definition) is 1. The number of hydrogen-bond acceptors (Lipinski definition) is 5. The third-order valence-corrected chi connectivity index (χ3v) is 3.51. The van der Waals surface area contributed by atoms with E-state index < -0.39 is 17.3 Å². The fourth-order valence-corrected chi connectivity index (χ4v) is 1.74. The topological polar surface area (TPSA) is 84.8 Å². The Balaban J connectivity index is 2.88. The molecule has 0 saturated heterocycles. The van der Waals surface area contributed by atoms with E-state index in [0.717, 1.165) is 4.47 Å². The van der Waals surface area contributed by atoms with E-state index in [2.05, 4.69) is 31.2 Å². The normalized spacial score (nSPS) is 11.8. The molecule has 1 amide bonds. The van der Waals surface area contributed by atoms with Crippen LogP contribution in [0.5, 0.6) is 0 Å². The summed E-state index contributed by atoms with van der Waals surface area (Å²) < 4.78 is 5.44. The van der Waals surface area contributed by atoms with Gasteiger partial charge in [0, 0.05) is 15.5 Å². The molecule has 0 fully saturated rings. The molecule has 23 heavy (non-hydrogen) atoms. The van der Waals surface area contributed by atoms with E-state index in [0.29, 0.717) is 5.56 Å². The average Bonchev–Trinajstić information content (AvgIpc) is 2.49. The largest absolute Gasteiger partial charge is 0.464 e. The molecule has 0 heterocycles. The number of benzene rings is 1. The number of methoxy groups -OCH3 is 1. The van der Waals surface area contributed by atoms with Crippen LogP contribution in [0.2, 0.25) is 0 Å². The van der Waals surface area contributed by atoms with Gasteiger partial charge in [0.05, 0.1) is 13.5 Å². The third-order valence-electron chi connectivity index (χ3n) is 2.98. The molecule has 7 heteroatoms. The molecule has 1 N–H and O–H groups in total. The van der Waals surface area contributed by atoms with Crippen molar-refractivity contribution >= 4 is 39.3 Å². The highest BCUT2D eigenvalue weighted by atomic mass is 79.9. The maximum atomic E-state index is 12.0. The first-order valence-electron chi connectivity index (χ1n) is 6.89. The number of nitrogens with one attached hydrogen (secondary N) is 1. The first kappa shape index (κ1) is 19.0. The summed E-state index contributed by atoms with van der Waals surface area (Å²) in [5, 5.41) is 3.76. The lowest BCUT2D eigenvalue weighted by Crippen LogP contribution is -2.30. The summed E-state index contributed by atoms with van der Waals surface area (Å²) >= 11 is 3.27. The number of Topliss-reactive ketones (excluding diaryl/α,β-unsaturated/α-hetero) is 1. The van der Waals surface area contributed by atoms with Gasteiger partial charge in [0.2, 0.25) is 0 Å². The maximum absolute atomic E-state index is 12.0. The fraction of sp³-hybridized carbons (Fsp3) is 0.375. The third kappa shape index (κ3) is 5.94. The Morgan fingerprint density at radius 3 is 2.22 bits per heavy atom. The Kier molecular flexibility index (Phi) is 6.62. The van der Waals surface area contributed by atoms with Gasteiger partial charge in [0.15, 0.2) is 5.71 Å². The lowest BCUT2D eigenvalue weighted by molar-refractivity contribution is -0.134. The van der Waals surface area contributed by atoms with E-state index in [1.54, 1.807) is 45.0 Å². The first-order valence-corrected chi connectivity index (χ1v) is 7.68. The lowest BCUT2D eigenvalue weighted by Gasteiger charge is -2.16. The van der Waals surface area contributed by atoms with Gasteiger partial charge < -0.3 is 4.74 Å². The number of ketones is 1. The molecule has 1 aromatic rings. The minimum atomic E-state index is -0.751. The van der Waals surface area contributed by atoms with Crippen LogP contribution >= 0.6 is 15.9 Å². The summed E-state index contributed by atoms with van der Waals surface area (Å²) in [4.78, 5) is 35.7. The second-order valence-corrected chi connectivity index (χ2v) is 6.76. The highest BCUT2D eigenvalue weighted by Gasteiger charge is 2.26. The van der Waals surface area contributed by atoms with Crippen molar-refractivity contribution in [1.82, 2.24) is 5.43 Å². The average molecular weight is 383 g/mol. The fourth-order valence-electron chi connectivity index (χ4n) is 1.48. The van der Waals surface area contributed by atoms with Crippen LogP contribution in [0.3, 0.4) is 0 Å². The van der Waals surface area contributed by atoms with Crippen molar-refractivity contribution in [3.63, 3.8) is 0 Å². The van der Waals surface area contributed by atoms with E-state index in [4.69, 9.17) is 0 Å². The summed E-state index contributed by atoms with van der Waals surface area (Å²) in [6.45, 7) is 5.22.